The maximum absolute atomic E-state index is 13.6. The second-order valence-corrected chi connectivity index (χ2v) is 18.6. The number of nitrogens with zero attached hydrogens (tertiary/aromatic N) is 1. The third-order valence-electron chi connectivity index (χ3n) is 11.1. The molecule has 20 heteroatoms. The van der Waals surface area contributed by atoms with Gasteiger partial charge in [0.05, 0.1) is 32.2 Å². The molecule has 0 saturated carbocycles. The number of hydrogen-bond acceptors (Lipinski definition) is 12. The number of amides is 5. The molecule has 6 atom stereocenters. The maximum atomic E-state index is 13.6. The molecule has 11 N–H and O–H groups in total. The van der Waals surface area contributed by atoms with Crippen molar-refractivity contribution in [1.82, 2.24) is 21.3 Å². The van der Waals surface area contributed by atoms with Crippen LogP contribution in [0.15, 0.2) is 30.3 Å². The third kappa shape index (κ3) is 27.4. The van der Waals surface area contributed by atoms with Crippen molar-refractivity contribution in [1.29, 1.82) is 0 Å². The largest absolute Gasteiger partial charge is 0.726 e. The molecule has 0 unspecified atom stereocenters. The molecule has 0 fully saturated rings. The van der Waals surface area contributed by atoms with E-state index in [1.165, 1.54) is 82.0 Å². The van der Waals surface area contributed by atoms with Crippen LogP contribution >= 0.6 is 0 Å². The first-order valence-corrected chi connectivity index (χ1v) is 25.1. The standard InChI is InChI=1S/C30H49N7O11S.C16H36N/c1-17(2)15-23(36-27(41)20(32)12-13-24(38)39)29(43)37-25(18(3)48-49(45,46)47)30(44)34-21(11-7-8-14-31)28(42)35-22(26(33)40)16-19-9-5-4-6-10-19;1-5-9-13-17(14-10-6-2,15-11-7-3)16-12-8-4/h4-6,9-10,17-18,20-23,25H,7-8,11-16,31-32H2,1-3H3,(H2,33,40)(H,34,44)(H,35,42)(H,36,41)(H,37,43)(H,38,39)(H,45,46,47);5-16H2,1-4H3/q;+1/p-1/t18-,20+,21+,22+,23+,25+;/m1./s1. The van der Waals surface area contributed by atoms with Crippen molar-refractivity contribution in [3.63, 3.8) is 0 Å². The first kappa shape index (κ1) is 61.8. The fraction of sp³-hybridized carbons (Fsp3) is 0.739. The average Bonchev–Trinajstić information content (AvgIpc) is 3.25. The Hall–Kier alpha value is -4.21. The highest BCUT2D eigenvalue weighted by Crippen LogP contribution is 2.17. The van der Waals surface area contributed by atoms with Gasteiger partial charge in [-0.25, -0.2) is 8.42 Å². The first-order valence-electron chi connectivity index (χ1n) is 23.8. The quantitative estimate of drug-likeness (QED) is 0.0210. The predicted octanol–water partition coefficient (Wildman–Crippen LogP) is 2.89. The summed E-state index contributed by atoms with van der Waals surface area (Å²) in [6, 6.07) is 1.63. The highest BCUT2D eigenvalue weighted by Gasteiger charge is 2.36. The van der Waals surface area contributed by atoms with Crippen LogP contribution in [-0.4, -0.2) is 127 Å². The van der Waals surface area contributed by atoms with Gasteiger partial charge < -0.3 is 52.6 Å². The number of nitrogens with two attached hydrogens (primary N) is 3. The van der Waals surface area contributed by atoms with Crippen molar-refractivity contribution in [2.75, 3.05) is 32.7 Å². The molecule has 66 heavy (non-hydrogen) atoms. The lowest BCUT2D eigenvalue weighted by atomic mass is 10.0. The van der Waals surface area contributed by atoms with E-state index in [0.29, 0.717) is 18.4 Å². The predicted molar refractivity (Wildman–Crippen MR) is 254 cm³/mol. The van der Waals surface area contributed by atoms with Gasteiger partial charge in [-0.05, 0) is 82.7 Å². The average molecular weight is 957 g/mol. The van der Waals surface area contributed by atoms with Gasteiger partial charge >= 0.3 is 5.97 Å². The number of benzene rings is 1. The molecule has 19 nitrogen and oxygen atoms in total. The molecular formula is C46H84N8O11S. The lowest BCUT2D eigenvalue weighted by Gasteiger charge is -2.39. The van der Waals surface area contributed by atoms with Crippen molar-refractivity contribution in [3.05, 3.63) is 35.9 Å². The number of carbonyl (C=O) groups excluding carboxylic acids is 5. The number of rotatable bonds is 35. The molecular weight excluding hydrogens is 873 g/mol. The van der Waals surface area contributed by atoms with E-state index in [1.807, 2.05) is 0 Å². The van der Waals surface area contributed by atoms with Crippen molar-refractivity contribution in [3.8, 4) is 0 Å². The van der Waals surface area contributed by atoms with Crippen LogP contribution in [0.4, 0.5) is 0 Å². The molecule has 0 aromatic heterocycles. The van der Waals surface area contributed by atoms with E-state index in [-0.39, 0.29) is 38.1 Å². The zero-order chi connectivity index (χ0) is 50.3. The van der Waals surface area contributed by atoms with E-state index in [1.54, 1.807) is 44.2 Å². The molecule has 0 spiro atoms. The lowest BCUT2D eigenvalue weighted by Crippen LogP contribution is -2.61. The van der Waals surface area contributed by atoms with Crippen LogP contribution in [0.3, 0.4) is 0 Å². The fourth-order valence-corrected chi connectivity index (χ4v) is 7.78. The Kier molecular flexibility index (Phi) is 32.0. The van der Waals surface area contributed by atoms with Gasteiger partial charge in [0.2, 0.25) is 39.9 Å². The molecule has 1 rings (SSSR count). The highest BCUT2D eigenvalue weighted by molar-refractivity contribution is 7.80. The maximum Gasteiger partial charge on any atom is 0.303 e. The number of carboxylic acids is 1. The number of unbranched alkanes of at least 4 members (excludes halogenated alkanes) is 5. The number of hydrogen-bond donors (Lipinski definition) is 8. The molecule has 0 heterocycles. The number of quaternary nitrogens is 1. The van der Waals surface area contributed by atoms with E-state index >= 15 is 0 Å². The molecule has 0 aliphatic rings. The molecule has 0 saturated heterocycles. The van der Waals surface area contributed by atoms with Gasteiger partial charge in [0.1, 0.15) is 30.3 Å². The minimum atomic E-state index is -5.40. The van der Waals surface area contributed by atoms with Crippen LogP contribution in [0, 0.1) is 5.92 Å². The second kappa shape index (κ2) is 34.1. The monoisotopic (exact) mass is 957 g/mol. The number of nitrogens with one attached hydrogen (secondary N) is 4. The van der Waals surface area contributed by atoms with Crippen LogP contribution < -0.4 is 38.5 Å². The number of primary amides is 1. The summed E-state index contributed by atoms with van der Waals surface area (Å²) in [6.45, 7) is 19.7. The Balaban J connectivity index is 0.00000209. The van der Waals surface area contributed by atoms with Crippen LogP contribution in [0.5, 0.6) is 0 Å². The van der Waals surface area contributed by atoms with Crippen molar-refractivity contribution in [2.24, 2.45) is 23.1 Å². The summed E-state index contributed by atoms with van der Waals surface area (Å²) >= 11 is 0. The van der Waals surface area contributed by atoms with Gasteiger partial charge in [0.25, 0.3) is 0 Å². The van der Waals surface area contributed by atoms with Gasteiger partial charge in [-0.3, -0.25) is 33.0 Å². The van der Waals surface area contributed by atoms with Crippen molar-refractivity contribution < 1.29 is 55.5 Å². The number of carboxylic acid groups (broad SMARTS) is 1. The van der Waals surface area contributed by atoms with Gasteiger partial charge in [0, 0.05) is 12.8 Å². The smallest absolute Gasteiger partial charge is 0.303 e. The molecule has 1 aromatic rings. The molecule has 0 bridgehead atoms. The van der Waals surface area contributed by atoms with Crippen LogP contribution in [0.25, 0.3) is 0 Å². The molecule has 0 aliphatic heterocycles. The fourth-order valence-electron chi connectivity index (χ4n) is 7.30. The summed E-state index contributed by atoms with van der Waals surface area (Å²) in [6.07, 6.45) is 9.44. The third-order valence-corrected chi connectivity index (χ3v) is 11.7. The molecule has 5 amide bonds. The summed E-state index contributed by atoms with van der Waals surface area (Å²) in [5, 5.41) is 18.5. The minimum absolute atomic E-state index is 0.00160. The molecule has 0 aliphatic carbocycles. The highest BCUT2D eigenvalue weighted by atomic mass is 32.3. The van der Waals surface area contributed by atoms with Crippen LogP contribution in [0.2, 0.25) is 0 Å². The normalized spacial score (nSPS) is 14.3. The van der Waals surface area contributed by atoms with Crippen molar-refractivity contribution >= 4 is 45.9 Å². The minimum Gasteiger partial charge on any atom is -0.726 e. The second-order valence-electron chi connectivity index (χ2n) is 17.6. The van der Waals surface area contributed by atoms with Gasteiger partial charge in [-0.1, -0.05) is 97.6 Å². The summed E-state index contributed by atoms with van der Waals surface area (Å²) in [5.41, 5.74) is 17.6. The zero-order valence-electron chi connectivity index (χ0n) is 40.7. The van der Waals surface area contributed by atoms with E-state index in [0.717, 1.165) is 6.92 Å². The van der Waals surface area contributed by atoms with Gasteiger partial charge in [-0.15, -0.1) is 0 Å². The number of carbonyl (C=O) groups is 6. The Bertz CT molecular complexity index is 1650. The van der Waals surface area contributed by atoms with E-state index in [4.69, 9.17) is 22.3 Å². The van der Waals surface area contributed by atoms with Crippen LogP contribution in [-0.2, 0) is 49.8 Å². The van der Waals surface area contributed by atoms with E-state index in [9.17, 15) is 41.7 Å². The molecule has 1 aromatic carbocycles. The van der Waals surface area contributed by atoms with Gasteiger partial charge in [0.15, 0.2) is 0 Å². The lowest BCUT2D eigenvalue weighted by molar-refractivity contribution is -0.929. The summed E-state index contributed by atoms with van der Waals surface area (Å²) in [5.74, 6) is -6.05. The Labute approximate surface area is 394 Å². The summed E-state index contributed by atoms with van der Waals surface area (Å²) in [4.78, 5) is 76.2. The van der Waals surface area contributed by atoms with Crippen molar-refractivity contribution in [2.45, 2.75) is 181 Å². The van der Waals surface area contributed by atoms with E-state index in [2.05, 4.69) is 53.1 Å². The SMILES string of the molecule is CC(C)C[C@H](NC(=O)[C@@H](N)CCC(=O)O)C(=O)N[C@H](C(=O)N[C@@H](CCCCN)C(=O)N[C@@H](Cc1ccccc1)C(N)=O)[C@@H](C)OS(=O)(=O)[O-].CCCC[N+](CCCC)(CCCC)CCCC. The number of aliphatic carboxylic acids is 1. The summed E-state index contributed by atoms with van der Waals surface area (Å²) < 4.78 is 40.2. The Morgan fingerprint density at radius 3 is 1.62 bits per heavy atom. The Morgan fingerprint density at radius 1 is 0.697 bits per heavy atom. The van der Waals surface area contributed by atoms with E-state index < -0.39 is 88.6 Å². The Morgan fingerprint density at radius 2 is 1.18 bits per heavy atom. The zero-order valence-corrected chi connectivity index (χ0v) is 41.5. The molecule has 380 valence electrons. The first-order chi connectivity index (χ1) is 31.1. The van der Waals surface area contributed by atoms with Gasteiger partial charge in [-0.2, -0.15) is 0 Å². The topological polar surface area (TPSA) is 315 Å². The van der Waals surface area contributed by atoms with Crippen LogP contribution in [0.1, 0.15) is 144 Å². The molecule has 0 radical (unpaired) electrons. The summed E-state index contributed by atoms with van der Waals surface area (Å²) in [7, 11) is -5.40.